The van der Waals surface area contributed by atoms with Gasteiger partial charge in [-0.05, 0) is 61.2 Å². The van der Waals surface area contributed by atoms with Gasteiger partial charge in [0.25, 0.3) is 0 Å². The predicted octanol–water partition coefficient (Wildman–Crippen LogP) is 6.81. The van der Waals surface area contributed by atoms with Crippen LogP contribution < -0.4 is 21.2 Å². The molecule has 0 aromatic heterocycles. The first-order chi connectivity index (χ1) is 15.7. The third-order valence-corrected chi connectivity index (χ3v) is 11.7. The SMILES string of the molecule is C[C@H](CC[C@@H](C)P(c1ccccc1)c1ccccc1)P(c1ccccc1)c1ccccc1.[Ru]. The molecule has 170 valence electrons. The number of rotatable bonds is 9. The van der Waals surface area contributed by atoms with Gasteiger partial charge in [-0.15, -0.1) is 0 Å². The number of hydrogen-bond acceptors (Lipinski definition) is 0. The standard InChI is InChI=1S/C30H32P2.Ru/c1-25(31(27-15-7-3-8-16-27)28-17-9-4-10-18-28)23-24-26(2)32(29-19-11-5-12-20-29)30-21-13-6-14-22-30;/h3-22,25-26H,23-24H2,1-2H3;/t25-,26-;/m1./s1. The van der Waals surface area contributed by atoms with Crippen LogP contribution in [-0.2, 0) is 19.5 Å². The molecule has 0 radical (unpaired) electrons. The van der Waals surface area contributed by atoms with E-state index in [1.165, 1.54) is 34.1 Å². The van der Waals surface area contributed by atoms with E-state index in [0.717, 1.165) is 0 Å². The Morgan fingerprint density at radius 1 is 0.424 bits per heavy atom. The molecule has 3 heteroatoms. The van der Waals surface area contributed by atoms with Gasteiger partial charge in [-0.25, -0.2) is 0 Å². The minimum atomic E-state index is -0.363. The van der Waals surface area contributed by atoms with Crippen LogP contribution in [0.1, 0.15) is 26.7 Å². The van der Waals surface area contributed by atoms with E-state index in [4.69, 9.17) is 0 Å². The smallest absolute Gasteiger partial charge is 0 e. The van der Waals surface area contributed by atoms with Crippen molar-refractivity contribution >= 4 is 37.1 Å². The summed E-state index contributed by atoms with van der Waals surface area (Å²) >= 11 is 0. The van der Waals surface area contributed by atoms with Crippen LogP contribution in [0.5, 0.6) is 0 Å². The van der Waals surface area contributed by atoms with E-state index in [1.807, 2.05) is 0 Å². The predicted molar refractivity (Wildman–Crippen MR) is 146 cm³/mol. The molecule has 0 amide bonds. The summed E-state index contributed by atoms with van der Waals surface area (Å²) in [6.45, 7) is 4.93. The Bertz CT molecular complexity index is 887. The van der Waals surface area contributed by atoms with E-state index >= 15 is 0 Å². The van der Waals surface area contributed by atoms with Crippen molar-refractivity contribution in [2.45, 2.75) is 38.0 Å². The molecule has 0 fully saturated rings. The zero-order chi connectivity index (χ0) is 22.2. The average Bonchev–Trinajstić information content (AvgIpc) is 2.86. The monoisotopic (exact) mass is 556 g/mol. The molecule has 0 aliphatic carbocycles. The van der Waals surface area contributed by atoms with Crippen LogP contribution in [0.25, 0.3) is 0 Å². The van der Waals surface area contributed by atoms with Gasteiger partial charge in [-0.2, -0.15) is 0 Å². The van der Waals surface area contributed by atoms with Crippen LogP contribution in [0.2, 0.25) is 0 Å². The summed E-state index contributed by atoms with van der Waals surface area (Å²) in [5, 5.41) is 5.95. The van der Waals surface area contributed by atoms with Crippen molar-refractivity contribution in [1.82, 2.24) is 0 Å². The maximum Gasteiger partial charge on any atom is 0 e. The topological polar surface area (TPSA) is 0 Å². The Hall–Kier alpha value is -1.64. The van der Waals surface area contributed by atoms with Gasteiger partial charge < -0.3 is 0 Å². The maximum absolute atomic E-state index is 2.46. The van der Waals surface area contributed by atoms with Crippen LogP contribution in [0.3, 0.4) is 0 Å². The Morgan fingerprint density at radius 2 is 0.636 bits per heavy atom. The van der Waals surface area contributed by atoms with Crippen molar-refractivity contribution < 1.29 is 19.5 Å². The third kappa shape index (κ3) is 6.93. The summed E-state index contributed by atoms with van der Waals surface area (Å²) < 4.78 is 0. The van der Waals surface area contributed by atoms with E-state index in [0.29, 0.717) is 11.3 Å². The Kier molecular flexibility index (Phi) is 10.5. The van der Waals surface area contributed by atoms with E-state index in [1.54, 1.807) is 0 Å². The molecular weight excluding hydrogens is 523 g/mol. The third-order valence-electron chi connectivity index (χ3n) is 6.02. The Balaban J connectivity index is 0.00000306. The van der Waals surface area contributed by atoms with Crippen LogP contribution >= 0.6 is 15.8 Å². The summed E-state index contributed by atoms with van der Waals surface area (Å²) in [6.07, 6.45) is 2.49. The van der Waals surface area contributed by atoms with E-state index in [-0.39, 0.29) is 35.3 Å². The second-order valence-electron chi connectivity index (χ2n) is 8.36. The number of benzene rings is 4. The second-order valence-corrected chi connectivity index (χ2v) is 13.7. The van der Waals surface area contributed by atoms with Gasteiger partial charge in [0.05, 0.1) is 0 Å². The van der Waals surface area contributed by atoms with E-state index in [2.05, 4.69) is 135 Å². The first kappa shape index (κ1) is 26.0. The minimum absolute atomic E-state index is 0. The molecule has 0 aliphatic rings. The fraction of sp³-hybridized carbons (Fsp3) is 0.200. The first-order valence-corrected chi connectivity index (χ1v) is 14.3. The van der Waals surface area contributed by atoms with Crippen LogP contribution in [-0.4, -0.2) is 11.3 Å². The zero-order valence-electron chi connectivity index (χ0n) is 19.4. The molecule has 33 heavy (non-hydrogen) atoms. The van der Waals surface area contributed by atoms with Gasteiger partial charge in [-0.1, -0.05) is 135 Å². The van der Waals surface area contributed by atoms with Gasteiger partial charge in [0.1, 0.15) is 0 Å². The summed E-state index contributed by atoms with van der Waals surface area (Å²) in [6, 6.07) is 44.6. The van der Waals surface area contributed by atoms with Gasteiger partial charge in [0, 0.05) is 19.5 Å². The molecular formula is C30H32P2Ru. The average molecular weight is 556 g/mol. The van der Waals surface area contributed by atoms with E-state index < -0.39 is 0 Å². The molecule has 0 unspecified atom stereocenters. The second kappa shape index (κ2) is 13.3. The van der Waals surface area contributed by atoms with Crippen molar-refractivity contribution in [2.75, 3.05) is 0 Å². The first-order valence-electron chi connectivity index (χ1n) is 11.5. The molecule has 0 saturated carbocycles. The van der Waals surface area contributed by atoms with Gasteiger partial charge in [0.15, 0.2) is 0 Å². The van der Waals surface area contributed by atoms with Gasteiger partial charge >= 0.3 is 0 Å². The van der Waals surface area contributed by atoms with Crippen molar-refractivity contribution in [1.29, 1.82) is 0 Å². The summed E-state index contributed by atoms with van der Waals surface area (Å²) in [5.74, 6) is 0. The molecule has 0 nitrogen and oxygen atoms in total. The molecule has 0 heterocycles. The molecule has 4 aromatic rings. The van der Waals surface area contributed by atoms with Gasteiger partial charge in [0.2, 0.25) is 0 Å². The fourth-order valence-electron chi connectivity index (χ4n) is 4.41. The van der Waals surface area contributed by atoms with Crippen LogP contribution in [0, 0.1) is 0 Å². The molecule has 0 aliphatic heterocycles. The maximum atomic E-state index is 2.46. The van der Waals surface area contributed by atoms with Gasteiger partial charge in [-0.3, -0.25) is 0 Å². The Labute approximate surface area is 215 Å². The minimum Gasteiger partial charge on any atom is -0.0622 e. The van der Waals surface area contributed by atoms with Crippen molar-refractivity contribution in [2.24, 2.45) is 0 Å². The largest absolute Gasteiger partial charge is 0.0622 e. The molecule has 0 N–H and O–H groups in total. The molecule has 2 atom stereocenters. The fourth-order valence-corrected chi connectivity index (χ4v) is 9.83. The molecule has 0 spiro atoms. The Morgan fingerprint density at radius 3 is 0.848 bits per heavy atom. The summed E-state index contributed by atoms with van der Waals surface area (Å²) in [4.78, 5) is 0. The quantitative estimate of drug-likeness (QED) is 0.157. The number of hydrogen-bond donors (Lipinski definition) is 0. The summed E-state index contributed by atoms with van der Waals surface area (Å²) in [7, 11) is -0.727. The molecule has 0 saturated heterocycles. The van der Waals surface area contributed by atoms with Crippen molar-refractivity contribution in [3.63, 3.8) is 0 Å². The molecule has 4 aromatic carbocycles. The van der Waals surface area contributed by atoms with Crippen molar-refractivity contribution in [3.05, 3.63) is 121 Å². The van der Waals surface area contributed by atoms with E-state index in [9.17, 15) is 0 Å². The van der Waals surface area contributed by atoms with Crippen LogP contribution in [0.15, 0.2) is 121 Å². The normalized spacial score (nSPS) is 12.8. The zero-order valence-corrected chi connectivity index (χ0v) is 22.9. The van der Waals surface area contributed by atoms with Crippen LogP contribution in [0.4, 0.5) is 0 Å². The molecule has 0 bridgehead atoms. The summed E-state index contributed by atoms with van der Waals surface area (Å²) in [5.41, 5.74) is 1.28. The molecule has 4 rings (SSSR count). The van der Waals surface area contributed by atoms with Crippen molar-refractivity contribution in [3.8, 4) is 0 Å².